The van der Waals surface area contributed by atoms with Gasteiger partial charge < -0.3 is 10.1 Å². The second-order valence-corrected chi connectivity index (χ2v) is 3.83. The molecule has 2 rings (SSSR count). The molecule has 0 unspecified atom stereocenters. The van der Waals surface area contributed by atoms with E-state index < -0.39 is 5.97 Å². The summed E-state index contributed by atoms with van der Waals surface area (Å²) in [5.74, 6) is -0.877. The van der Waals surface area contributed by atoms with Crippen LogP contribution in [0.25, 0.3) is 0 Å². The van der Waals surface area contributed by atoms with E-state index in [0.717, 1.165) is 0 Å². The Morgan fingerprint density at radius 2 is 1.79 bits per heavy atom. The summed E-state index contributed by atoms with van der Waals surface area (Å²) in [5.41, 5.74) is 1.07. The number of fused-ring (bicyclic) bond motifs is 1. The van der Waals surface area contributed by atoms with Crippen molar-refractivity contribution in [3.63, 3.8) is 0 Å². The molecule has 0 aliphatic carbocycles. The minimum absolute atomic E-state index is 0. The molecule has 1 amide bonds. The summed E-state index contributed by atoms with van der Waals surface area (Å²) in [6.45, 7) is 13.4. The van der Waals surface area contributed by atoms with E-state index in [9.17, 15) is 9.59 Å². The van der Waals surface area contributed by atoms with E-state index >= 15 is 0 Å². The van der Waals surface area contributed by atoms with Crippen LogP contribution in [0.4, 0.5) is 5.69 Å². The second-order valence-electron chi connectivity index (χ2n) is 3.39. The van der Waals surface area contributed by atoms with Crippen molar-refractivity contribution >= 4 is 34.9 Å². The van der Waals surface area contributed by atoms with Crippen LogP contribution in [0.3, 0.4) is 0 Å². The van der Waals surface area contributed by atoms with Gasteiger partial charge in [0.2, 0.25) is 5.91 Å². The quantitative estimate of drug-likeness (QED) is 0.440. The van der Waals surface area contributed by atoms with Crippen LogP contribution in [0, 0.1) is 20.0 Å². The number of hydrogen-bond donors (Lipinski definition) is 1. The third-order valence-electron chi connectivity index (χ3n) is 2.27. The Kier molecular flexibility index (Phi) is 17.6. The molecule has 1 aromatic rings. The number of benzodiazepines with no additional fused rings is 1. The number of nitrogens with one attached hydrogen (secondary N) is 1. The zero-order chi connectivity index (χ0) is 18.4. The molecule has 1 N–H and O–H groups in total. The summed E-state index contributed by atoms with van der Waals surface area (Å²) in [6.07, 6.45) is 0. The van der Waals surface area contributed by atoms with Crippen molar-refractivity contribution in [1.29, 1.82) is 0 Å². The topological polar surface area (TPSA) is 127 Å². The Labute approximate surface area is 153 Å². The van der Waals surface area contributed by atoms with E-state index in [0.29, 0.717) is 16.3 Å². The van der Waals surface area contributed by atoms with Crippen molar-refractivity contribution in [3.8, 4) is 0 Å². The van der Waals surface area contributed by atoms with E-state index in [2.05, 4.69) is 35.0 Å². The van der Waals surface area contributed by atoms with Gasteiger partial charge in [-0.05, 0) is 18.2 Å². The van der Waals surface area contributed by atoms with Crippen LogP contribution in [-0.4, -0.2) is 31.2 Å². The predicted octanol–water partition coefficient (Wildman–Crippen LogP) is 1.14. The molecule has 1 heterocycles. The molecule has 0 atom stereocenters. The molecule has 0 saturated carbocycles. The average molecular weight is 389 g/mol. The normalized spacial score (nSPS) is 10.3. The van der Waals surface area contributed by atoms with Crippen LogP contribution < -0.4 is 5.32 Å². The summed E-state index contributed by atoms with van der Waals surface area (Å²) in [5, 5.41) is 3.09. The van der Waals surface area contributed by atoms with Crippen molar-refractivity contribution in [2.75, 3.05) is 19.0 Å². The number of benzene rings is 1. The number of halogens is 1. The molecule has 24 heavy (non-hydrogen) atoms. The first-order valence-electron chi connectivity index (χ1n) is 5.45. The van der Waals surface area contributed by atoms with Crippen molar-refractivity contribution in [1.82, 2.24) is 0 Å². The van der Waals surface area contributed by atoms with Gasteiger partial charge in [0.05, 0.1) is 12.8 Å². The number of aliphatic imine (C=N–C) groups is 1. The molecule has 0 saturated heterocycles. The van der Waals surface area contributed by atoms with Crippen molar-refractivity contribution in [2.24, 2.45) is 4.99 Å². The average Bonchev–Trinajstić information content (AvgIpc) is 2.78. The summed E-state index contributed by atoms with van der Waals surface area (Å²) < 4.78 is 27.1. The van der Waals surface area contributed by atoms with E-state index in [1.165, 1.54) is 7.11 Å². The molecule has 1 aromatic carbocycles. The number of carbonyl (C=O) groups is 2. The molecule has 0 bridgehead atoms. The van der Waals surface area contributed by atoms with Crippen LogP contribution >= 0.6 is 11.6 Å². The number of amides is 1. The summed E-state index contributed by atoms with van der Waals surface area (Å²) >= 11 is 5.86. The first-order chi connectivity index (χ1) is 11.1. The van der Waals surface area contributed by atoms with Crippen molar-refractivity contribution in [2.45, 2.75) is 0 Å². The maximum atomic E-state index is 11.6. The van der Waals surface area contributed by atoms with Gasteiger partial charge >= 0.3 is 39.9 Å². The van der Waals surface area contributed by atoms with Gasteiger partial charge in [-0.3, -0.25) is 9.79 Å². The summed E-state index contributed by atoms with van der Waals surface area (Å²) in [6, 6.07) is 4.82. The first-order valence-corrected chi connectivity index (χ1v) is 5.83. The fraction of sp³-hybridized carbons (Fsp3) is 0.143. The number of carbonyl (C=O) groups excluding carboxylic acids is 2. The zero-order valence-electron chi connectivity index (χ0n) is 12.1. The number of rotatable bonds is 1. The Morgan fingerprint density at radius 3 is 2.29 bits per heavy atom. The smallest absolute Gasteiger partial charge is 0 e. The third kappa shape index (κ3) is 7.93. The number of hydrogen-bond acceptors (Lipinski definition) is 4. The minimum atomic E-state index is -0.593. The first kappa shape index (κ1) is 26.8. The molecule has 0 aromatic heterocycles. The predicted molar refractivity (Wildman–Crippen MR) is 75.3 cm³/mol. The van der Waals surface area contributed by atoms with E-state index in [4.69, 9.17) is 25.6 Å². The molecule has 1 aliphatic heterocycles. The Morgan fingerprint density at radius 1 is 1.25 bits per heavy atom. The van der Waals surface area contributed by atoms with Crippen molar-refractivity contribution in [3.05, 3.63) is 48.7 Å². The molecule has 1 aliphatic rings. The monoisotopic (exact) mass is 388 g/mol. The maximum Gasteiger partial charge on any atom is 0 e. The number of methoxy groups -OCH3 is 1. The van der Waals surface area contributed by atoms with E-state index in [1.54, 1.807) is 18.2 Å². The summed E-state index contributed by atoms with van der Waals surface area (Å²) in [7, 11) is 1.26. The fourth-order valence-corrected chi connectivity index (χ4v) is 1.69. The van der Waals surface area contributed by atoms with Crippen LogP contribution in [0.1, 0.15) is 5.56 Å². The van der Waals surface area contributed by atoms with Crippen LogP contribution in [0.15, 0.2) is 23.2 Å². The van der Waals surface area contributed by atoms with E-state index in [-0.39, 0.29) is 35.5 Å². The second kappa shape index (κ2) is 15.8. The largest absolute Gasteiger partial charge is 0 e. The van der Waals surface area contributed by atoms with E-state index in [1.807, 2.05) is 0 Å². The Bertz CT molecular complexity index is 640. The van der Waals surface area contributed by atoms with Gasteiger partial charge in [-0.2, -0.15) is 0 Å². The van der Waals surface area contributed by atoms with Gasteiger partial charge in [0.25, 0.3) is 0 Å². The van der Waals surface area contributed by atoms with Crippen molar-refractivity contribution < 1.29 is 45.6 Å². The zero-order valence-corrected chi connectivity index (χ0v) is 14.2. The van der Waals surface area contributed by atoms with Gasteiger partial charge in [0.15, 0.2) is 5.71 Å². The SMILES string of the molecule is COC(=O)C1=NCC(=O)Nc2ccc(Cl)cc21.[C-]#[O+].[C-]#[O+].[C-]#[O+].[Cr]. The number of anilines is 1. The van der Waals surface area contributed by atoms with Gasteiger partial charge in [-0.15, -0.1) is 0 Å². The van der Waals surface area contributed by atoms with Gasteiger partial charge in [0, 0.05) is 27.9 Å². The van der Waals surface area contributed by atoms with Crippen LogP contribution in [-0.2, 0) is 45.6 Å². The number of nitrogens with zero attached hydrogens (tertiary/aromatic N) is 1. The molecule has 0 radical (unpaired) electrons. The molecule has 0 spiro atoms. The summed E-state index contributed by atoms with van der Waals surface area (Å²) in [4.78, 5) is 26.9. The fourth-order valence-electron chi connectivity index (χ4n) is 1.52. The van der Waals surface area contributed by atoms with Crippen LogP contribution in [0.5, 0.6) is 0 Å². The molecular weight excluding hydrogens is 380 g/mol. The van der Waals surface area contributed by atoms with Crippen LogP contribution in [0.2, 0.25) is 5.02 Å². The molecular formula is C14H9ClCrN2O6. The molecule has 10 heteroatoms. The molecule has 124 valence electrons. The Hall–Kier alpha value is -2.13. The van der Waals surface area contributed by atoms with Gasteiger partial charge in [0.1, 0.15) is 6.54 Å². The number of ether oxygens (including phenoxy) is 1. The third-order valence-corrected chi connectivity index (χ3v) is 2.51. The maximum absolute atomic E-state index is 11.6. The van der Waals surface area contributed by atoms with Gasteiger partial charge in [-0.1, -0.05) is 11.6 Å². The molecule has 0 fully saturated rings. The number of esters is 1. The minimum Gasteiger partial charge on any atom is 0 e. The Balaban J connectivity index is -0.000000569. The van der Waals surface area contributed by atoms with Gasteiger partial charge in [-0.25, -0.2) is 4.79 Å². The standard InChI is InChI=1S/C11H9ClN2O3.3CO.Cr/c1-17-11(16)10-7-4-6(12)2-3-8(7)14-9(15)5-13-10;3*1-2;/h2-4H,5H2,1H3,(H,14,15);;;;. The molecule has 8 nitrogen and oxygen atoms in total.